The molecule has 17 heavy (non-hydrogen) atoms. The van der Waals surface area contributed by atoms with Crippen molar-refractivity contribution in [3.8, 4) is 0 Å². The summed E-state index contributed by atoms with van der Waals surface area (Å²) in [5.41, 5.74) is 0. The highest BCUT2D eigenvalue weighted by molar-refractivity contribution is 5.81. The summed E-state index contributed by atoms with van der Waals surface area (Å²) in [5.74, 6) is 0.136. The molecule has 1 fully saturated rings. The van der Waals surface area contributed by atoms with Gasteiger partial charge < -0.3 is 10.4 Å². The molecule has 0 saturated heterocycles. The van der Waals surface area contributed by atoms with Crippen molar-refractivity contribution in [3.05, 3.63) is 0 Å². The molecule has 0 radical (unpaired) electrons. The molecule has 1 atom stereocenters. The highest BCUT2D eigenvalue weighted by atomic mass is 16.3. The molecular formula is C13H26N2O2. The smallest absolute Gasteiger partial charge is 0.237 e. The molecule has 0 aliphatic heterocycles. The van der Waals surface area contributed by atoms with Gasteiger partial charge in [0.2, 0.25) is 5.91 Å². The summed E-state index contributed by atoms with van der Waals surface area (Å²) >= 11 is 0. The van der Waals surface area contributed by atoms with Crippen molar-refractivity contribution in [2.24, 2.45) is 0 Å². The van der Waals surface area contributed by atoms with Crippen LogP contribution in [-0.4, -0.2) is 47.7 Å². The first-order valence-electron chi connectivity index (χ1n) is 6.84. The van der Waals surface area contributed by atoms with Crippen molar-refractivity contribution in [2.75, 3.05) is 19.7 Å². The van der Waals surface area contributed by atoms with Gasteiger partial charge in [-0.2, -0.15) is 0 Å². The highest BCUT2D eigenvalue weighted by Gasteiger charge is 2.23. The highest BCUT2D eigenvalue weighted by Crippen LogP contribution is 2.17. The first-order valence-corrected chi connectivity index (χ1v) is 6.84. The van der Waals surface area contributed by atoms with Gasteiger partial charge in [0.05, 0.1) is 6.04 Å². The Bertz CT molecular complexity index is 227. The van der Waals surface area contributed by atoms with Crippen molar-refractivity contribution >= 4 is 5.91 Å². The summed E-state index contributed by atoms with van der Waals surface area (Å²) < 4.78 is 0. The quantitative estimate of drug-likeness (QED) is 0.704. The van der Waals surface area contributed by atoms with Crippen LogP contribution in [0.2, 0.25) is 0 Å². The molecule has 4 nitrogen and oxygen atoms in total. The molecule has 1 aliphatic carbocycles. The zero-order valence-electron chi connectivity index (χ0n) is 11.1. The summed E-state index contributed by atoms with van der Waals surface area (Å²) in [4.78, 5) is 14.2. The lowest BCUT2D eigenvalue weighted by atomic mass is 10.2. The Morgan fingerprint density at radius 3 is 2.65 bits per heavy atom. The molecule has 0 aromatic rings. The van der Waals surface area contributed by atoms with Gasteiger partial charge in [-0.1, -0.05) is 19.8 Å². The van der Waals surface area contributed by atoms with Gasteiger partial charge >= 0.3 is 0 Å². The third-order valence-corrected chi connectivity index (χ3v) is 3.64. The minimum absolute atomic E-state index is 0.0906. The van der Waals surface area contributed by atoms with Crippen LogP contribution in [-0.2, 0) is 4.79 Å². The van der Waals surface area contributed by atoms with Crippen molar-refractivity contribution < 1.29 is 9.90 Å². The lowest BCUT2D eigenvalue weighted by molar-refractivity contribution is -0.126. The van der Waals surface area contributed by atoms with Crippen LogP contribution >= 0.6 is 0 Å². The maximum atomic E-state index is 12.0. The van der Waals surface area contributed by atoms with E-state index in [2.05, 4.69) is 17.1 Å². The molecule has 2 N–H and O–H groups in total. The molecule has 1 rings (SSSR count). The van der Waals surface area contributed by atoms with Crippen LogP contribution in [0.3, 0.4) is 0 Å². The van der Waals surface area contributed by atoms with Gasteiger partial charge in [-0.15, -0.1) is 0 Å². The van der Waals surface area contributed by atoms with E-state index in [1.54, 1.807) is 0 Å². The number of likely N-dealkylation sites (N-methyl/N-ethyl adjacent to an activating group) is 1. The number of nitrogens with one attached hydrogen (secondary N) is 1. The number of carbonyl (C=O) groups excluding carboxylic acids is 1. The molecular weight excluding hydrogens is 216 g/mol. The Kier molecular flexibility index (Phi) is 6.52. The minimum Gasteiger partial charge on any atom is -0.396 e. The van der Waals surface area contributed by atoms with Crippen molar-refractivity contribution in [1.29, 1.82) is 0 Å². The second kappa shape index (κ2) is 7.67. The Balaban J connectivity index is 2.36. The lowest BCUT2D eigenvalue weighted by Crippen LogP contribution is -2.48. The van der Waals surface area contributed by atoms with Crippen LogP contribution in [0.25, 0.3) is 0 Å². The van der Waals surface area contributed by atoms with E-state index < -0.39 is 0 Å². The predicted molar refractivity (Wildman–Crippen MR) is 68.8 cm³/mol. The van der Waals surface area contributed by atoms with Gasteiger partial charge in [-0.25, -0.2) is 0 Å². The lowest BCUT2D eigenvalue weighted by Gasteiger charge is -2.27. The van der Waals surface area contributed by atoms with Crippen molar-refractivity contribution in [3.63, 3.8) is 0 Å². The fourth-order valence-corrected chi connectivity index (χ4v) is 2.46. The van der Waals surface area contributed by atoms with Crippen LogP contribution in [0.15, 0.2) is 0 Å². The number of amides is 1. The van der Waals surface area contributed by atoms with E-state index in [1.165, 1.54) is 12.8 Å². The number of nitrogens with zero attached hydrogens (tertiary/aromatic N) is 1. The molecule has 1 aliphatic rings. The fraction of sp³-hybridized carbons (Fsp3) is 0.923. The van der Waals surface area contributed by atoms with E-state index in [1.807, 2.05) is 6.92 Å². The summed E-state index contributed by atoms with van der Waals surface area (Å²) in [6.07, 6.45) is 5.46. The van der Waals surface area contributed by atoms with E-state index in [-0.39, 0.29) is 18.6 Å². The molecule has 0 aromatic heterocycles. The topological polar surface area (TPSA) is 52.6 Å². The van der Waals surface area contributed by atoms with Gasteiger partial charge in [-0.05, 0) is 32.7 Å². The van der Waals surface area contributed by atoms with Crippen LogP contribution in [0.1, 0.15) is 46.0 Å². The first kappa shape index (κ1) is 14.5. The van der Waals surface area contributed by atoms with E-state index >= 15 is 0 Å². The number of hydrogen-bond acceptors (Lipinski definition) is 3. The van der Waals surface area contributed by atoms with Crippen LogP contribution in [0.5, 0.6) is 0 Å². The third-order valence-electron chi connectivity index (χ3n) is 3.64. The van der Waals surface area contributed by atoms with Crippen LogP contribution in [0.4, 0.5) is 0 Å². The van der Waals surface area contributed by atoms with E-state index in [0.717, 1.165) is 32.4 Å². The Labute approximate surface area is 104 Å². The Morgan fingerprint density at radius 2 is 2.12 bits per heavy atom. The van der Waals surface area contributed by atoms with Crippen LogP contribution < -0.4 is 5.32 Å². The molecule has 0 heterocycles. The van der Waals surface area contributed by atoms with Gasteiger partial charge in [0.1, 0.15) is 0 Å². The molecule has 1 amide bonds. The number of hydrogen-bond donors (Lipinski definition) is 2. The Morgan fingerprint density at radius 1 is 1.47 bits per heavy atom. The average Bonchev–Trinajstić information content (AvgIpc) is 2.82. The van der Waals surface area contributed by atoms with Crippen molar-refractivity contribution in [2.45, 2.75) is 58.0 Å². The van der Waals surface area contributed by atoms with Gasteiger partial charge in [0.25, 0.3) is 0 Å². The largest absolute Gasteiger partial charge is 0.396 e. The minimum atomic E-state index is -0.0906. The summed E-state index contributed by atoms with van der Waals surface area (Å²) in [7, 11) is 0. The fourth-order valence-electron chi connectivity index (χ4n) is 2.46. The molecule has 100 valence electrons. The zero-order chi connectivity index (χ0) is 12.7. The zero-order valence-corrected chi connectivity index (χ0v) is 11.1. The monoisotopic (exact) mass is 242 g/mol. The second-order valence-electron chi connectivity index (χ2n) is 4.87. The summed E-state index contributed by atoms with van der Waals surface area (Å²) in [6, 6.07) is 0.300. The van der Waals surface area contributed by atoms with E-state index in [9.17, 15) is 4.79 Å². The third kappa shape index (κ3) is 4.64. The number of aliphatic hydroxyl groups excluding tert-OH is 1. The number of carbonyl (C=O) groups is 1. The maximum Gasteiger partial charge on any atom is 0.237 e. The maximum absolute atomic E-state index is 12.0. The average molecular weight is 242 g/mol. The van der Waals surface area contributed by atoms with Crippen molar-refractivity contribution in [1.82, 2.24) is 10.2 Å². The van der Waals surface area contributed by atoms with Gasteiger partial charge in [-0.3, -0.25) is 9.69 Å². The first-order chi connectivity index (χ1) is 8.19. The predicted octanol–water partition coefficient (Wildman–Crippen LogP) is 1.14. The second-order valence-corrected chi connectivity index (χ2v) is 4.87. The van der Waals surface area contributed by atoms with Gasteiger partial charge in [0.15, 0.2) is 0 Å². The molecule has 0 bridgehead atoms. The van der Waals surface area contributed by atoms with Crippen LogP contribution in [0, 0.1) is 0 Å². The molecule has 0 spiro atoms. The number of rotatable bonds is 7. The molecule has 4 heteroatoms. The molecule has 1 saturated carbocycles. The summed E-state index contributed by atoms with van der Waals surface area (Å²) in [5, 5.41) is 12.0. The van der Waals surface area contributed by atoms with Gasteiger partial charge in [0, 0.05) is 19.2 Å². The normalized spacial score (nSPS) is 18.6. The van der Waals surface area contributed by atoms with E-state index in [4.69, 9.17) is 5.11 Å². The standard InChI is InChI=1S/C13H26N2O2/c1-3-15(9-6-10-16)11(2)13(17)14-12-7-4-5-8-12/h11-12,16H,3-10H2,1-2H3,(H,14,17). The molecule has 1 unspecified atom stereocenters. The molecule has 0 aromatic carbocycles. The van der Waals surface area contributed by atoms with E-state index in [0.29, 0.717) is 6.04 Å². The Hall–Kier alpha value is -0.610. The summed E-state index contributed by atoms with van der Waals surface area (Å²) in [6.45, 7) is 5.82. The number of aliphatic hydroxyl groups is 1. The SMILES string of the molecule is CCN(CCCO)C(C)C(=O)NC1CCCC1.